The van der Waals surface area contributed by atoms with Gasteiger partial charge in [0.2, 0.25) is 5.91 Å². The van der Waals surface area contributed by atoms with Crippen LogP contribution in [0.3, 0.4) is 0 Å². The number of fused-ring (bicyclic) bond motifs is 1. The van der Waals surface area contributed by atoms with Crippen molar-refractivity contribution in [2.45, 2.75) is 32.1 Å². The van der Waals surface area contributed by atoms with Gasteiger partial charge in [0.25, 0.3) is 0 Å². The Morgan fingerprint density at radius 3 is 2.79 bits per heavy atom. The Kier molecular flexibility index (Phi) is 3.83. The number of aryl methyl sites for hydroxylation is 3. The molecule has 0 atom stereocenters. The number of rotatable bonds is 3. The quantitative estimate of drug-likeness (QED) is 0.892. The third-order valence-electron chi connectivity index (χ3n) is 4.26. The molecule has 1 aliphatic heterocycles. The zero-order chi connectivity index (χ0) is 13.1. The summed E-state index contributed by atoms with van der Waals surface area (Å²) in [4.78, 5) is 14.1. The molecule has 3 rings (SSSR count). The molecular formula is C16H22N2O. The van der Waals surface area contributed by atoms with E-state index in [0.29, 0.717) is 12.3 Å². The number of carbonyl (C=O) groups excluding carboxylic acids is 1. The molecule has 1 amide bonds. The van der Waals surface area contributed by atoms with Crippen LogP contribution in [-0.4, -0.2) is 37.0 Å². The number of hydrogen-bond acceptors (Lipinski definition) is 2. The van der Waals surface area contributed by atoms with Gasteiger partial charge in [0, 0.05) is 32.6 Å². The minimum Gasteiger partial charge on any atom is -0.340 e. The summed E-state index contributed by atoms with van der Waals surface area (Å²) in [7, 11) is 0. The zero-order valence-corrected chi connectivity index (χ0v) is 11.5. The fourth-order valence-electron chi connectivity index (χ4n) is 3.10. The molecule has 1 fully saturated rings. The molecule has 1 saturated heterocycles. The molecule has 0 bridgehead atoms. The van der Waals surface area contributed by atoms with E-state index in [4.69, 9.17) is 0 Å². The van der Waals surface area contributed by atoms with Crippen LogP contribution in [0, 0.1) is 0 Å². The standard InChI is InChI=1S/C16H22N2O/c19-16(18-10-8-17-9-11-18)7-5-13-4-6-14-2-1-3-15(14)12-13/h4,6,12,17H,1-3,5,7-11H2. The van der Waals surface area contributed by atoms with Crippen molar-refractivity contribution < 1.29 is 4.79 Å². The third kappa shape index (κ3) is 2.98. The Balaban J connectivity index is 1.55. The average molecular weight is 258 g/mol. The second kappa shape index (κ2) is 5.74. The molecule has 1 N–H and O–H groups in total. The SMILES string of the molecule is O=C(CCc1ccc2c(c1)CCC2)N1CCNCC1. The summed E-state index contributed by atoms with van der Waals surface area (Å²) in [6, 6.07) is 6.77. The van der Waals surface area contributed by atoms with E-state index in [1.54, 1.807) is 0 Å². The van der Waals surface area contributed by atoms with Crippen LogP contribution >= 0.6 is 0 Å². The highest BCUT2D eigenvalue weighted by Gasteiger charge is 2.16. The molecule has 3 heteroatoms. The molecule has 1 aliphatic carbocycles. The molecule has 102 valence electrons. The first kappa shape index (κ1) is 12.7. The molecule has 2 aliphatic rings. The maximum Gasteiger partial charge on any atom is 0.222 e. The van der Waals surface area contributed by atoms with Crippen molar-refractivity contribution in [3.05, 3.63) is 34.9 Å². The van der Waals surface area contributed by atoms with Gasteiger partial charge in [-0.25, -0.2) is 0 Å². The van der Waals surface area contributed by atoms with E-state index in [1.165, 1.54) is 36.0 Å². The van der Waals surface area contributed by atoms with Crippen LogP contribution in [0.15, 0.2) is 18.2 Å². The number of benzene rings is 1. The summed E-state index contributed by atoms with van der Waals surface area (Å²) in [5.74, 6) is 0.307. The average Bonchev–Trinajstić information content (AvgIpc) is 2.93. The van der Waals surface area contributed by atoms with E-state index in [2.05, 4.69) is 23.5 Å². The van der Waals surface area contributed by atoms with Crippen LogP contribution in [0.1, 0.15) is 29.5 Å². The largest absolute Gasteiger partial charge is 0.340 e. The lowest BCUT2D eigenvalue weighted by atomic mass is 10.0. The lowest BCUT2D eigenvalue weighted by Gasteiger charge is -2.27. The summed E-state index contributed by atoms with van der Waals surface area (Å²) in [6.45, 7) is 3.60. The molecule has 0 saturated carbocycles. The van der Waals surface area contributed by atoms with Crippen molar-refractivity contribution in [3.63, 3.8) is 0 Å². The lowest BCUT2D eigenvalue weighted by Crippen LogP contribution is -2.46. The molecule has 0 radical (unpaired) electrons. The fourth-order valence-corrected chi connectivity index (χ4v) is 3.10. The number of piperazine rings is 1. The maximum absolute atomic E-state index is 12.1. The first-order valence-electron chi connectivity index (χ1n) is 7.42. The van der Waals surface area contributed by atoms with Gasteiger partial charge in [-0.3, -0.25) is 4.79 Å². The second-order valence-electron chi connectivity index (χ2n) is 5.59. The van der Waals surface area contributed by atoms with Crippen molar-refractivity contribution in [3.8, 4) is 0 Å². The summed E-state index contributed by atoms with van der Waals surface area (Å²) in [5, 5.41) is 3.28. The van der Waals surface area contributed by atoms with Crippen molar-refractivity contribution in [1.29, 1.82) is 0 Å². The number of nitrogens with zero attached hydrogens (tertiary/aromatic N) is 1. The van der Waals surface area contributed by atoms with Crippen LogP contribution < -0.4 is 5.32 Å². The van der Waals surface area contributed by atoms with Gasteiger partial charge in [-0.2, -0.15) is 0 Å². The molecule has 3 nitrogen and oxygen atoms in total. The number of carbonyl (C=O) groups is 1. The van der Waals surface area contributed by atoms with E-state index >= 15 is 0 Å². The zero-order valence-electron chi connectivity index (χ0n) is 11.5. The maximum atomic E-state index is 12.1. The van der Waals surface area contributed by atoms with Crippen LogP contribution in [0.2, 0.25) is 0 Å². The van der Waals surface area contributed by atoms with E-state index in [0.717, 1.165) is 32.6 Å². The van der Waals surface area contributed by atoms with Crippen molar-refractivity contribution >= 4 is 5.91 Å². The summed E-state index contributed by atoms with van der Waals surface area (Å²) in [5.41, 5.74) is 4.34. The fraction of sp³-hybridized carbons (Fsp3) is 0.562. The summed E-state index contributed by atoms with van der Waals surface area (Å²) >= 11 is 0. The van der Waals surface area contributed by atoms with Gasteiger partial charge in [0.05, 0.1) is 0 Å². The van der Waals surface area contributed by atoms with Crippen LogP contribution in [0.25, 0.3) is 0 Å². The highest BCUT2D eigenvalue weighted by molar-refractivity contribution is 5.76. The van der Waals surface area contributed by atoms with Gasteiger partial charge < -0.3 is 10.2 Å². The van der Waals surface area contributed by atoms with Crippen LogP contribution in [0.5, 0.6) is 0 Å². The van der Waals surface area contributed by atoms with Crippen molar-refractivity contribution in [2.24, 2.45) is 0 Å². The van der Waals surface area contributed by atoms with Gasteiger partial charge in [-0.1, -0.05) is 18.2 Å². The minimum absolute atomic E-state index is 0.307. The predicted octanol–water partition coefficient (Wildman–Crippen LogP) is 1.54. The first-order valence-corrected chi connectivity index (χ1v) is 7.42. The van der Waals surface area contributed by atoms with E-state index in [9.17, 15) is 4.79 Å². The monoisotopic (exact) mass is 258 g/mol. The molecular weight excluding hydrogens is 236 g/mol. The Hall–Kier alpha value is -1.35. The Labute approximate surface area is 115 Å². The van der Waals surface area contributed by atoms with Gasteiger partial charge in [0.15, 0.2) is 0 Å². The first-order chi connectivity index (χ1) is 9.33. The lowest BCUT2D eigenvalue weighted by molar-refractivity contribution is -0.131. The molecule has 0 spiro atoms. The number of nitrogens with one attached hydrogen (secondary N) is 1. The molecule has 0 unspecified atom stereocenters. The molecule has 1 aromatic rings. The second-order valence-corrected chi connectivity index (χ2v) is 5.59. The Morgan fingerprint density at radius 1 is 1.16 bits per heavy atom. The summed E-state index contributed by atoms with van der Waals surface area (Å²) < 4.78 is 0. The van der Waals surface area contributed by atoms with Gasteiger partial charge in [-0.15, -0.1) is 0 Å². The molecule has 1 aromatic carbocycles. The van der Waals surface area contributed by atoms with E-state index in [-0.39, 0.29) is 0 Å². The smallest absolute Gasteiger partial charge is 0.222 e. The van der Waals surface area contributed by atoms with Gasteiger partial charge in [0.1, 0.15) is 0 Å². The Morgan fingerprint density at radius 2 is 1.95 bits per heavy atom. The van der Waals surface area contributed by atoms with Crippen LogP contribution in [-0.2, 0) is 24.1 Å². The highest BCUT2D eigenvalue weighted by Crippen LogP contribution is 2.23. The van der Waals surface area contributed by atoms with Crippen molar-refractivity contribution in [1.82, 2.24) is 10.2 Å². The van der Waals surface area contributed by atoms with Gasteiger partial charge in [-0.05, 0) is 42.4 Å². The van der Waals surface area contributed by atoms with Crippen LogP contribution in [0.4, 0.5) is 0 Å². The topological polar surface area (TPSA) is 32.3 Å². The minimum atomic E-state index is 0.307. The van der Waals surface area contributed by atoms with Gasteiger partial charge >= 0.3 is 0 Å². The number of hydrogen-bond donors (Lipinski definition) is 1. The summed E-state index contributed by atoms with van der Waals surface area (Å²) in [6.07, 6.45) is 5.28. The van der Waals surface area contributed by atoms with Crippen molar-refractivity contribution in [2.75, 3.05) is 26.2 Å². The van der Waals surface area contributed by atoms with E-state index in [1.807, 2.05) is 4.90 Å². The molecule has 1 heterocycles. The van der Waals surface area contributed by atoms with E-state index < -0.39 is 0 Å². The number of amides is 1. The molecule has 0 aromatic heterocycles. The third-order valence-corrected chi connectivity index (χ3v) is 4.26. The molecule has 19 heavy (non-hydrogen) atoms. The highest BCUT2D eigenvalue weighted by atomic mass is 16.2. The normalized spacial score (nSPS) is 18.4. The Bertz CT molecular complexity index is 464. The predicted molar refractivity (Wildman–Crippen MR) is 76.2 cm³/mol.